The van der Waals surface area contributed by atoms with E-state index in [2.05, 4.69) is 31.2 Å². The number of rotatable bonds is 9. The molecule has 0 saturated carbocycles. The van der Waals surface area contributed by atoms with Gasteiger partial charge >= 0.3 is 29.6 Å². The zero-order valence-electron chi connectivity index (χ0n) is 15.1. The fraction of sp³-hybridized carbons (Fsp3) is 0.400. The first-order valence-electron chi connectivity index (χ1n) is 8.54. The van der Waals surface area contributed by atoms with Crippen molar-refractivity contribution in [3.05, 3.63) is 65.7 Å². The molecule has 1 unspecified atom stereocenters. The zero-order valence-corrected chi connectivity index (χ0v) is 18.0. The van der Waals surface area contributed by atoms with Crippen molar-refractivity contribution in [3.63, 3.8) is 0 Å². The molecule has 0 bridgehead atoms. The van der Waals surface area contributed by atoms with Crippen LogP contribution in [-0.2, 0) is 23.0 Å². The Morgan fingerprint density at radius 2 is 1.56 bits per heavy atom. The van der Waals surface area contributed by atoms with Crippen LogP contribution in [0.1, 0.15) is 43.7 Å². The molecule has 2 aromatic carbocycles. The van der Waals surface area contributed by atoms with Crippen LogP contribution in [0.15, 0.2) is 59.5 Å². The van der Waals surface area contributed by atoms with Gasteiger partial charge in [0.05, 0.1) is 4.90 Å². The number of unbranched alkanes of at least 4 members (excludes halogenated alkanes) is 2. The van der Waals surface area contributed by atoms with Gasteiger partial charge in [-0.2, -0.15) is 0 Å². The van der Waals surface area contributed by atoms with E-state index in [1.54, 1.807) is 18.2 Å². The van der Waals surface area contributed by atoms with Gasteiger partial charge in [-0.25, -0.2) is 8.42 Å². The van der Waals surface area contributed by atoms with Crippen molar-refractivity contribution in [1.82, 2.24) is 0 Å². The third kappa shape index (κ3) is 8.06. The largest absolute Gasteiger partial charge is 1.00 e. The number of benzene rings is 2. The fourth-order valence-electron chi connectivity index (χ4n) is 3.06. The summed E-state index contributed by atoms with van der Waals surface area (Å²) in [5.74, 6) is 0.640. The maximum absolute atomic E-state index is 11.2. The van der Waals surface area contributed by atoms with Crippen LogP contribution < -0.4 is 29.6 Å². The molecule has 0 radical (unpaired) electrons. The first kappa shape index (κ1) is 22.4. The zero-order chi connectivity index (χ0) is 17.4. The maximum Gasteiger partial charge on any atom is 1.00 e. The second kappa shape index (κ2) is 11.1. The molecule has 0 saturated heterocycles. The van der Waals surface area contributed by atoms with Gasteiger partial charge in [-0.05, 0) is 42.4 Å². The quantitative estimate of drug-likeness (QED) is 0.384. The predicted molar refractivity (Wildman–Crippen MR) is 95.9 cm³/mol. The summed E-state index contributed by atoms with van der Waals surface area (Å²) in [7, 11) is -4.37. The van der Waals surface area contributed by atoms with Crippen molar-refractivity contribution in [3.8, 4) is 0 Å². The normalized spacial score (nSPS) is 12.4. The Balaban J connectivity index is 0.00000312. The summed E-state index contributed by atoms with van der Waals surface area (Å²) < 4.78 is 33.7. The standard InChI is InChI=1S/C20H26O3S.Na/c1-17(16-18-11-5-3-6-12-18)10-4-2-7-13-19-14-8-9-15-20(19)24(21,22)23;/h3,5-6,8-9,11-12,14-15,17H,2,4,7,10,13,16H2,1H3,(H,21,22,23);/q;+1/p-1. The summed E-state index contributed by atoms with van der Waals surface area (Å²) in [4.78, 5) is -0.0672. The Labute approximate surface area is 173 Å². The molecule has 0 aliphatic rings. The van der Waals surface area contributed by atoms with E-state index in [-0.39, 0.29) is 34.5 Å². The number of aryl methyl sites for hydroxylation is 1. The molecule has 0 amide bonds. The van der Waals surface area contributed by atoms with Gasteiger partial charge in [0.1, 0.15) is 10.1 Å². The monoisotopic (exact) mass is 368 g/mol. The van der Waals surface area contributed by atoms with Gasteiger partial charge in [0, 0.05) is 0 Å². The molecule has 130 valence electrons. The van der Waals surface area contributed by atoms with E-state index in [9.17, 15) is 13.0 Å². The molecule has 3 nitrogen and oxygen atoms in total. The van der Waals surface area contributed by atoms with Crippen LogP contribution in [0.3, 0.4) is 0 Å². The van der Waals surface area contributed by atoms with Crippen LogP contribution in [0.4, 0.5) is 0 Å². The van der Waals surface area contributed by atoms with Gasteiger partial charge in [0.25, 0.3) is 0 Å². The van der Waals surface area contributed by atoms with E-state index < -0.39 is 10.1 Å². The van der Waals surface area contributed by atoms with Gasteiger partial charge in [-0.15, -0.1) is 0 Å². The van der Waals surface area contributed by atoms with Gasteiger partial charge in [0.15, 0.2) is 0 Å². The maximum atomic E-state index is 11.2. The Kier molecular flexibility index (Phi) is 9.98. The topological polar surface area (TPSA) is 57.2 Å². The molecular formula is C20H25NaO3S. The third-order valence-electron chi connectivity index (χ3n) is 4.31. The van der Waals surface area contributed by atoms with E-state index in [4.69, 9.17) is 0 Å². The van der Waals surface area contributed by atoms with Crippen LogP contribution in [0.2, 0.25) is 0 Å². The predicted octanol–water partition coefficient (Wildman–Crippen LogP) is 1.58. The van der Waals surface area contributed by atoms with Crippen molar-refractivity contribution >= 4 is 10.1 Å². The minimum absolute atomic E-state index is 0. The molecule has 0 fully saturated rings. The summed E-state index contributed by atoms with van der Waals surface area (Å²) in [6.07, 6.45) is 5.98. The summed E-state index contributed by atoms with van der Waals surface area (Å²) in [5.41, 5.74) is 2.02. The summed E-state index contributed by atoms with van der Waals surface area (Å²) in [6, 6.07) is 17.0. The molecule has 25 heavy (non-hydrogen) atoms. The Hall–Kier alpha value is -0.650. The van der Waals surface area contributed by atoms with E-state index >= 15 is 0 Å². The molecule has 0 aliphatic carbocycles. The fourth-order valence-corrected chi connectivity index (χ4v) is 3.79. The summed E-state index contributed by atoms with van der Waals surface area (Å²) >= 11 is 0. The smallest absolute Gasteiger partial charge is 0.744 e. The Morgan fingerprint density at radius 3 is 2.24 bits per heavy atom. The van der Waals surface area contributed by atoms with Crippen molar-refractivity contribution < 1.29 is 42.5 Å². The van der Waals surface area contributed by atoms with Crippen molar-refractivity contribution in [2.75, 3.05) is 0 Å². The number of hydrogen-bond donors (Lipinski definition) is 0. The molecule has 5 heteroatoms. The minimum Gasteiger partial charge on any atom is -0.744 e. The van der Waals surface area contributed by atoms with Gasteiger partial charge in [-0.1, -0.05) is 74.7 Å². The second-order valence-electron chi connectivity index (χ2n) is 6.46. The van der Waals surface area contributed by atoms with E-state index in [1.165, 1.54) is 11.6 Å². The second-order valence-corrected chi connectivity index (χ2v) is 7.80. The molecule has 2 rings (SSSR count). The average Bonchev–Trinajstić information content (AvgIpc) is 2.55. The van der Waals surface area contributed by atoms with Crippen molar-refractivity contribution in [1.29, 1.82) is 0 Å². The third-order valence-corrected chi connectivity index (χ3v) is 5.25. The first-order valence-corrected chi connectivity index (χ1v) is 9.95. The summed E-state index contributed by atoms with van der Waals surface area (Å²) in [6.45, 7) is 2.27. The first-order chi connectivity index (χ1) is 11.5. The van der Waals surface area contributed by atoms with Crippen LogP contribution in [0.25, 0.3) is 0 Å². The molecule has 0 aliphatic heterocycles. The van der Waals surface area contributed by atoms with Crippen LogP contribution in [0.5, 0.6) is 0 Å². The minimum atomic E-state index is -4.37. The van der Waals surface area contributed by atoms with Crippen LogP contribution in [0, 0.1) is 5.92 Å². The van der Waals surface area contributed by atoms with Gasteiger partial charge in [0.2, 0.25) is 0 Å². The van der Waals surface area contributed by atoms with Crippen LogP contribution >= 0.6 is 0 Å². The SMILES string of the molecule is CC(CCCCCc1ccccc1S(=O)(=O)[O-])Cc1ccccc1.[Na+]. The van der Waals surface area contributed by atoms with Gasteiger partial charge in [-0.3, -0.25) is 0 Å². The molecule has 2 aromatic rings. The molecule has 0 heterocycles. The van der Waals surface area contributed by atoms with E-state index in [0.717, 1.165) is 32.1 Å². The molecule has 0 aromatic heterocycles. The van der Waals surface area contributed by atoms with Crippen LogP contribution in [-0.4, -0.2) is 13.0 Å². The van der Waals surface area contributed by atoms with E-state index in [1.807, 2.05) is 6.07 Å². The molecular weight excluding hydrogens is 343 g/mol. The van der Waals surface area contributed by atoms with Crippen molar-refractivity contribution in [2.24, 2.45) is 5.92 Å². The molecule has 1 atom stereocenters. The number of hydrogen-bond acceptors (Lipinski definition) is 3. The Bertz CT molecular complexity index is 730. The average molecular weight is 368 g/mol. The summed E-state index contributed by atoms with van der Waals surface area (Å²) in [5, 5.41) is 0. The van der Waals surface area contributed by atoms with E-state index in [0.29, 0.717) is 17.9 Å². The van der Waals surface area contributed by atoms with Crippen molar-refractivity contribution in [2.45, 2.75) is 50.3 Å². The van der Waals surface area contributed by atoms with Gasteiger partial charge < -0.3 is 4.55 Å². The Morgan fingerprint density at radius 1 is 0.920 bits per heavy atom. The molecule has 0 spiro atoms. The molecule has 0 N–H and O–H groups in total.